The van der Waals surface area contributed by atoms with E-state index in [0.717, 1.165) is 0 Å². The molecule has 0 spiro atoms. The molecule has 4 unspecified atom stereocenters. The maximum absolute atomic E-state index is 14.1. The topological polar surface area (TPSA) is 203 Å². The van der Waals surface area contributed by atoms with Crippen LogP contribution in [0.3, 0.4) is 0 Å². The number of sulfone groups is 1. The smallest absolute Gasteiger partial charge is 0.169 e. The SMILES string of the molecule is CC(O)C(c1cc(N)ccc1NCCN)S(=O)(=O)C(c1cc(N)ccc1NCCN)C(C)O. The molecule has 0 radical (unpaired) electrons. The molecule has 0 aliphatic heterocycles. The summed E-state index contributed by atoms with van der Waals surface area (Å²) >= 11 is 0. The summed E-state index contributed by atoms with van der Waals surface area (Å²) in [6.07, 6.45) is -2.61. The van der Waals surface area contributed by atoms with Crippen LogP contribution in [0.1, 0.15) is 35.5 Å². The summed E-state index contributed by atoms with van der Waals surface area (Å²) in [5.74, 6) is 0. The number of rotatable bonds is 12. The van der Waals surface area contributed by atoms with Crippen molar-refractivity contribution in [1.29, 1.82) is 0 Å². The van der Waals surface area contributed by atoms with Crippen molar-refractivity contribution in [3.05, 3.63) is 47.5 Å². The number of hydrogen-bond acceptors (Lipinski definition) is 10. The summed E-state index contributed by atoms with van der Waals surface area (Å²) in [6, 6.07) is 9.59. The molecule has 0 aliphatic carbocycles. The van der Waals surface area contributed by atoms with E-state index in [9.17, 15) is 18.6 Å². The number of hydrogen-bond donors (Lipinski definition) is 8. The van der Waals surface area contributed by atoms with E-state index < -0.39 is 32.5 Å². The van der Waals surface area contributed by atoms with Crippen molar-refractivity contribution in [2.75, 3.05) is 48.3 Å². The fourth-order valence-corrected chi connectivity index (χ4v) is 6.46. The van der Waals surface area contributed by atoms with Crippen LogP contribution in [-0.2, 0) is 9.84 Å². The first-order valence-electron chi connectivity index (χ1n) is 10.8. The van der Waals surface area contributed by atoms with Crippen molar-refractivity contribution < 1.29 is 18.6 Å². The third-order valence-electron chi connectivity index (χ3n) is 5.27. The molecule has 12 N–H and O–H groups in total. The normalized spacial score (nSPS) is 15.5. The van der Waals surface area contributed by atoms with Gasteiger partial charge in [0.05, 0.1) is 12.2 Å². The quantitative estimate of drug-likeness (QED) is 0.198. The maximum atomic E-state index is 14.1. The average Bonchev–Trinajstić information content (AvgIpc) is 2.72. The van der Waals surface area contributed by atoms with Gasteiger partial charge in [-0.25, -0.2) is 8.42 Å². The molecule has 2 aromatic carbocycles. The number of nitrogens with one attached hydrogen (secondary N) is 2. The predicted octanol–water partition coefficient (Wildman–Crippen LogP) is 0.551. The summed E-state index contributed by atoms with van der Waals surface area (Å²) in [5, 5.41) is 24.8. The molecule has 0 amide bonds. The van der Waals surface area contributed by atoms with Crippen LogP contribution in [0.2, 0.25) is 0 Å². The fourth-order valence-electron chi connectivity index (χ4n) is 3.95. The molecule has 4 atom stereocenters. The van der Waals surface area contributed by atoms with Crippen LogP contribution in [0.25, 0.3) is 0 Å². The lowest BCUT2D eigenvalue weighted by Crippen LogP contribution is -2.34. The first kappa shape index (κ1) is 26.7. The average molecular weight is 481 g/mol. The van der Waals surface area contributed by atoms with Crippen molar-refractivity contribution >= 4 is 32.6 Å². The van der Waals surface area contributed by atoms with Crippen LogP contribution in [0.5, 0.6) is 0 Å². The van der Waals surface area contributed by atoms with Crippen LogP contribution in [0.4, 0.5) is 22.7 Å². The van der Waals surface area contributed by atoms with Gasteiger partial charge in [-0.2, -0.15) is 0 Å². The molecular formula is C22H36N6O4S. The third kappa shape index (κ3) is 6.27. The van der Waals surface area contributed by atoms with Crippen molar-refractivity contribution in [2.45, 2.75) is 36.6 Å². The Morgan fingerprint density at radius 3 is 1.45 bits per heavy atom. The van der Waals surface area contributed by atoms with E-state index >= 15 is 0 Å². The number of nitrogen functional groups attached to an aromatic ring is 2. The standard InChI is InChI=1S/C22H36N6O4S/c1-13(29)21(17-11-15(25)3-5-19(17)27-9-7-23)33(31,32)22(14(2)30)18-12-16(26)4-6-20(18)28-10-8-24/h3-6,11-14,21-22,27-30H,7-10,23-26H2,1-2H3. The van der Waals surface area contributed by atoms with E-state index in [-0.39, 0.29) is 0 Å². The summed E-state index contributed by atoms with van der Waals surface area (Å²) in [7, 11) is -4.25. The van der Waals surface area contributed by atoms with Crippen molar-refractivity contribution in [3.8, 4) is 0 Å². The zero-order valence-corrected chi connectivity index (χ0v) is 19.8. The first-order valence-corrected chi connectivity index (χ1v) is 12.4. The monoisotopic (exact) mass is 480 g/mol. The molecular weight excluding hydrogens is 444 g/mol. The zero-order valence-electron chi connectivity index (χ0n) is 19.0. The highest BCUT2D eigenvalue weighted by Gasteiger charge is 2.43. The van der Waals surface area contributed by atoms with Crippen molar-refractivity contribution in [1.82, 2.24) is 0 Å². The molecule has 184 valence electrons. The molecule has 0 aromatic heterocycles. The van der Waals surface area contributed by atoms with Crippen LogP contribution < -0.4 is 33.6 Å². The lowest BCUT2D eigenvalue weighted by molar-refractivity contribution is 0.176. The highest BCUT2D eigenvalue weighted by Crippen LogP contribution is 2.43. The fraction of sp³-hybridized carbons (Fsp3) is 0.455. The molecule has 11 heteroatoms. The van der Waals surface area contributed by atoms with Gasteiger partial charge in [0, 0.05) is 48.9 Å². The van der Waals surface area contributed by atoms with Crippen LogP contribution >= 0.6 is 0 Å². The zero-order chi connectivity index (χ0) is 24.8. The van der Waals surface area contributed by atoms with Gasteiger partial charge in [0.1, 0.15) is 10.5 Å². The second-order valence-corrected chi connectivity index (χ2v) is 10.2. The van der Waals surface area contributed by atoms with Gasteiger partial charge < -0.3 is 43.8 Å². The predicted molar refractivity (Wildman–Crippen MR) is 135 cm³/mol. The Labute approximate surface area is 195 Å². The Hall–Kier alpha value is -2.57. The van der Waals surface area contributed by atoms with Gasteiger partial charge in [0.15, 0.2) is 9.84 Å². The molecule has 0 heterocycles. The molecule has 0 saturated carbocycles. The van der Waals surface area contributed by atoms with E-state index in [0.29, 0.717) is 60.1 Å². The van der Waals surface area contributed by atoms with E-state index in [1.54, 1.807) is 24.3 Å². The van der Waals surface area contributed by atoms with Crippen LogP contribution in [-0.4, -0.2) is 57.0 Å². The van der Waals surface area contributed by atoms with Crippen molar-refractivity contribution in [3.63, 3.8) is 0 Å². The van der Waals surface area contributed by atoms with E-state index in [2.05, 4.69) is 10.6 Å². The Morgan fingerprint density at radius 2 is 1.15 bits per heavy atom. The highest BCUT2D eigenvalue weighted by molar-refractivity contribution is 7.92. The molecule has 33 heavy (non-hydrogen) atoms. The minimum Gasteiger partial charge on any atom is -0.399 e. The lowest BCUT2D eigenvalue weighted by atomic mass is 10.0. The molecule has 2 rings (SSSR count). The summed E-state index contributed by atoms with van der Waals surface area (Å²) in [4.78, 5) is 0. The summed E-state index contributed by atoms with van der Waals surface area (Å²) < 4.78 is 28.2. The van der Waals surface area contributed by atoms with Crippen LogP contribution in [0.15, 0.2) is 36.4 Å². The van der Waals surface area contributed by atoms with Gasteiger partial charge in [-0.3, -0.25) is 0 Å². The molecule has 0 aliphatic rings. The molecule has 0 fully saturated rings. The lowest BCUT2D eigenvalue weighted by Gasteiger charge is -2.31. The van der Waals surface area contributed by atoms with Gasteiger partial charge in [-0.1, -0.05) is 0 Å². The minimum absolute atomic E-state index is 0.296. The van der Waals surface area contributed by atoms with Crippen LogP contribution in [0, 0.1) is 0 Å². The Kier molecular flexibility index (Phi) is 9.32. The highest BCUT2D eigenvalue weighted by atomic mass is 32.2. The third-order valence-corrected chi connectivity index (χ3v) is 7.98. The maximum Gasteiger partial charge on any atom is 0.169 e. The minimum atomic E-state index is -4.25. The van der Waals surface area contributed by atoms with Crippen molar-refractivity contribution in [2.24, 2.45) is 11.5 Å². The van der Waals surface area contributed by atoms with Gasteiger partial charge in [0.2, 0.25) is 0 Å². The van der Waals surface area contributed by atoms with E-state index in [1.807, 2.05) is 0 Å². The van der Waals surface area contributed by atoms with Gasteiger partial charge >= 0.3 is 0 Å². The first-order chi connectivity index (χ1) is 15.5. The largest absolute Gasteiger partial charge is 0.399 e. The Bertz CT molecular complexity index is 954. The van der Waals surface area contributed by atoms with E-state index in [4.69, 9.17) is 22.9 Å². The summed E-state index contributed by atoms with van der Waals surface area (Å²) in [5.41, 5.74) is 25.4. The number of aliphatic hydroxyl groups excluding tert-OH is 2. The number of benzene rings is 2. The number of aliphatic hydroxyl groups is 2. The molecule has 0 saturated heterocycles. The van der Waals surface area contributed by atoms with Gasteiger partial charge in [-0.15, -0.1) is 0 Å². The molecule has 2 aromatic rings. The van der Waals surface area contributed by atoms with Gasteiger partial charge in [0.25, 0.3) is 0 Å². The summed E-state index contributed by atoms with van der Waals surface area (Å²) in [6.45, 7) is 4.23. The van der Waals surface area contributed by atoms with Gasteiger partial charge in [-0.05, 0) is 61.4 Å². The number of anilines is 4. The second kappa shape index (κ2) is 11.5. The second-order valence-electron chi connectivity index (χ2n) is 8.04. The Balaban J connectivity index is 2.71. The number of nitrogens with two attached hydrogens (primary N) is 4. The molecule has 0 bridgehead atoms. The van der Waals surface area contributed by atoms with E-state index in [1.165, 1.54) is 26.0 Å². The Morgan fingerprint density at radius 1 is 0.788 bits per heavy atom. The molecule has 10 nitrogen and oxygen atoms in total.